The number of H-pyrrole nitrogens is 1. The molecule has 0 saturated heterocycles. The molecule has 168 valence electrons. The minimum Gasteiger partial charge on any atom is -0.465 e. The van der Waals surface area contributed by atoms with Crippen LogP contribution in [-0.2, 0) is 20.7 Å². The van der Waals surface area contributed by atoms with Crippen molar-refractivity contribution in [1.82, 2.24) is 25.9 Å². The number of tetrazole rings is 1. The van der Waals surface area contributed by atoms with E-state index in [4.69, 9.17) is 16.3 Å². The number of ether oxygens (including phenoxy) is 1. The van der Waals surface area contributed by atoms with Crippen LogP contribution in [0.1, 0.15) is 19.4 Å². The first kappa shape index (κ1) is 23.4. The second-order valence-electron chi connectivity index (χ2n) is 7.23. The summed E-state index contributed by atoms with van der Waals surface area (Å²) in [6, 6.07) is 14.1. The van der Waals surface area contributed by atoms with Crippen molar-refractivity contribution in [3.63, 3.8) is 0 Å². The number of hydrogen-bond acceptors (Lipinski definition) is 7. The fraction of sp³-hybridized carbons (Fsp3) is 0.318. The quantitative estimate of drug-likeness (QED) is 0.476. The molecule has 2 N–H and O–H groups in total. The van der Waals surface area contributed by atoms with Gasteiger partial charge < -0.3 is 4.74 Å². The van der Waals surface area contributed by atoms with Gasteiger partial charge in [0.2, 0.25) is 11.9 Å². The molecule has 2 aromatic carbocycles. The zero-order chi connectivity index (χ0) is 23.1. The molecule has 0 aliphatic heterocycles. The predicted octanol–water partition coefficient (Wildman–Crippen LogP) is 2.64. The summed E-state index contributed by atoms with van der Waals surface area (Å²) < 4.78 is 5.07. The first-order valence-electron chi connectivity index (χ1n) is 10.2. The summed E-state index contributed by atoms with van der Waals surface area (Å²) in [5.74, 6) is -0.508. The van der Waals surface area contributed by atoms with Gasteiger partial charge in [-0.1, -0.05) is 53.1 Å². The summed E-state index contributed by atoms with van der Waals surface area (Å²) in [4.78, 5) is 26.6. The van der Waals surface area contributed by atoms with Gasteiger partial charge in [0.05, 0.1) is 12.6 Å². The number of benzene rings is 2. The summed E-state index contributed by atoms with van der Waals surface area (Å²) in [7, 11) is 1.57. The van der Waals surface area contributed by atoms with Crippen molar-refractivity contribution >= 4 is 29.4 Å². The topological polar surface area (TPSA) is 113 Å². The molecule has 1 unspecified atom stereocenters. The smallest absolute Gasteiger partial charge is 0.322 e. The molecule has 32 heavy (non-hydrogen) atoms. The lowest BCUT2D eigenvalue weighted by Gasteiger charge is -2.25. The van der Waals surface area contributed by atoms with Gasteiger partial charge in [-0.15, -0.1) is 0 Å². The van der Waals surface area contributed by atoms with Crippen LogP contribution >= 0.6 is 11.6 Å². The Labute approximate surface area is 191 Å². The molecule has 0 spiro atoms. The van der Waals surface area contributed by atoms with Crippen molar-refractivity contribution in [1.29, 1.82) is 0 Å². The van der Waals surface area contributed by atoms with Gasteiger partial charge in [-0.3, -0.25) is 19.8 Å². The van der Waals surface area contributed by atoms with Crippen LogP contribution in [0.5, 0.6) is 0 Å². The zero-order valence-electron chi connectivity index (χ0n) is 18.1. The molecule has 3 rings (SSSR count). The van der Waals surface area contributed by atoms with E-state index in [2.05, 4.69) is 25.9 Å². The molecule has 9 nitrogen and oxygen atoms in total. The SMILES string of the molecule is CCOC(=O)C(C)N[C@@H](Cc1ccc(-c2cccc(Cl)c2)cc1)C(=O)N(C)c1nnn[nH]1. The van der Waals surface area contributed by atoms with Crippen LogP contribution in [0, 0.1) is 0 Å². The fourth-order valence-corrected chi connectivity index (χ4v) is 3.42. The molecular formula is C22H25ClN6O3. The third-order valence-corrected chi connectivity index (χ3v) is 5.16. The average Bonchev–Trinajstić information content (AvgIpc) is 3.33. The number of nitrogens with zero attached hydrogens (tertiary/aromatic N) is 4. The highest BCUT2D eigenvalue weighted by Gasteiger charge is 2.28. The van der Waals surface area contributed by atoms with Gasteiger partial charge in [0.25, 0.3) is 0 Å². The predicted molar refractivity (Wildman–Crippen MR) is 121 cm³/mol. The van der Waals surface area contributed by atoms with E-state index in [0.717, 1.165) is 16.7 Å². The van der Waals surface area contributed by atoms with Crippen LogP contribution < -0.4 is 10.2 Å². The third-order valence-electron chi connectivity index (χ3n) is 4.92. The first-order chi connectivity index (χ1) is 15.4. The molecule has 0 aliphatic carbocycles. The fourth-order valence-electron chi connectivity index (χ4n) is 3.23. The first-order valence-corrected chi connectivity index (χ1v) is 10.6. The number of esters is 1. The molecule has 2 atom stereocenters. The molecule has 0 bridgehead atoms. The molecule has 0 aliphatic rings. The summed E-state index contributed by atoms with van der Waals surface area (Å²) in [6.45, 7) is 3.66. The maximum atomic E-state index is 13.2. The van der Waals surface area contributed by atoms with Crippen LogP contribution in [0.4, 0.5) is 5.95 Å². The van der Waals surface area contributed by atoms with E-state index in [1.165, 1.54) is 4.90 Å². The molecular weight excluding hydrogens is 432 g/mol. The Morgan fingerprint density at radius 2 is 1.94 bits per heavy atom. The monoisotopic (exact) mass is 456 g/mol. The highest BCUT2D eigenvalue weighted by atomic mass is 35.5. The number of carbonyl (C=O) groups excluding carboxylic acids is 2. The van der Waals surface area contributed by atoms with Crippen molar-refractivity contribution in [3.05, 3.63) is 59.1 Å². The van der Waals surface area contributed by atoms with Crippen LogP contribution in [0.2, 0.25) is 5.02 Å². The number of rotatable bonds is 9. The Morgan fingerprint density at radius 1 is 1.19 bits per heavy atom. The number of aromatic amines is 1. The van der Waals surface area contributed by atoms with E-state index in [1.54, 1.807) is 20.9 Å². The van der Waals surface area contributed by atoms with E-state index in [-0.39, 0.29) is 18.5 Å². The lowest BCUT2D eigenvalue weighted by Crippen LogP contribution is -2.52. The average molecular weight is 457 g/mol. The third kappa shape index (κ3) is 5.89. The minimum atomic E-state index is -0.707. The molecule has 0 saturated carbocycles. The molecule has 1 heterocycles. The number of halogens is 1. The molecule has 10 heteroatoms. The van der Waals surface area contributed by atoms with Gasteiger partial charge in [0.15, 0.2) is 0 Å². The van der Waals surface area contributed by atoms with Gasteiger partial charge in [0, 0.05) is 12.1 Å². The Hall–Kier alpha value is -3.30. The highest BCUT2D eigenvalue weighted by molar-refractivity contribution is 6.30. The van der Waals surface area contributed by atoms with Gasteiger partial charge in [-0.2, -0.15) is 0 Å². The van der Waals surface area contributed by atoms with E-state index in [1.807, 2.05) is 48.5 Å². The van der Waals surface area contributed by atoms with Crippen molar-refractivity contribution in [2.24, 2.45) is 0 Å². The zero-order valence-corrected chi connectivity index (χ0v) is 18.8. The molecule has 1 amide bonds. The summed E-state index contributed by atoms with van der Waals surface area (Å²) in [6.07, 6.45) is 0.351. The molecule has 1 aromatic heterocycles. The van der Waals surface area contributed by atoms with E-state index in [9.17, 15) is 9.59 Å². The van der Waals surface area contributed by atoms with Crippen LogP contribution in [0.15, 0.2) is 48.5 Å². The summed E-state index contributed by atoms with van der Waals surface area (Å²) in [5, 5.41) is 17.1. The van der Waals surface area contributed by atoms with Crippen LogP contribution in [0.3, 0.4) is 0 Å². The van der Waals surface area contributed by atoms with Crippen molar-refractivity contribution in [3.8, 4) is 11.1 Å². The number of aromatic nitrogens is 4. The Morgan fingerprint density at radius 3 is 2.56 bits per heavy atom. The maximum absolute atomic E-state index is 13.2. The van der Waals surface area contributed by atoms with Crippen LogP contribution in [-0.4, -0.2) is 58.2 Å². The number of carbonyl (C=O) groups is 2. The van der Waals surface area contributed by atoms with Crippen molar-refractivity contribution in [2.45, 2.75) is 32.4 Å². The standard InChI is InChI=1S/C22H25ClN6O3/c1-4-32-21(31)14(2)24-19(20(30)29(3)22-25-27-28-26-22)12-15-8-10-16(11-9-15)17-6-5-7-18(23)13-17/h5-11,13-14,19,24H,4,12H2,1-3H3,(H,25,26,27,28)/t14?,19-/m0/s1. The largest absolute Gasteiger partial charge is 0.465 e. The Bertz CT molecular complexity index is 1040. The van der Waals surface area contributed by atoms with Crippen LogP contribution in [0.25, 0.3) is 11.1 Å². The highest BCUT2D eigenvalue weighted by Crippen LogP contribution is 2.23. The van der Waals surface area contributed by atoms with Gasteiger partial charge in [0.1, 0.15) is 6.04 Å². The summed E-state index contributed by atoms with van der Waals surface area (Å²) in [5.41, 5.74) is 2.93. The number of likely N-dealkylation sites (N-methyl/N-ethyl adjacent to an activating group) is 1. The number of anilines is 1. The summed E-state index contributed by atoms with van der Waals surface area (Å²) >= 11 is 6.09. The van der Waals surface area contributed by atoms with Crippen molar-refractivity contribution in [2.75, 3.05) is 18.6 Å². The van der Waals surface area contributed by atoms with Crippen molar-refractivity contribution < 1.29 is 14.3 Å². The molecule has 0 fully saturated rings. The van der Waals surface area contributed by atoms with E-state index < -0.39 is 18.1 Å². The van der Waals surface area contributed by atoms with E-state index in [0.29, 0.717) is 11.4 Å². The lowest BCUT2D eigenvalue weighted by atomic mass is 9.99. The normalized spacial score (nSPS) is 12.8. The molecule has 0 radical (unpaired) electrons. The van der Waals surface area contributed by atoms with E-state index >= 15 is 0 Å². The maximum Gasteiger partial charge on any atom is 0.322 e. The second kappa shape index (κ2) is 10.8. The Kier molecular flexibility index (Phi) is 7.91. The second-order valence-corrected chi connectivity index (χ2v) is 7.66. The van der Waals surface area contributed by atoms with Gasteiger partial charge in [-0.05, 0) is 59.5 Å². The Balaban J connectivity index is 1.79. The number of nitrogens with one attached hydrogen (secondary N) is 2. The van der Waals surface area contributed by atoms with Gasteiger partial charge in [-0.25, -0.2) is 5.10 Å². The molecule has 3 aromatic rings. The number of amides is 1. The lowest BCUT2D eigenvalue weighted by molar-refractivity contribution is -0.145. The minimum absolute atomic E-state index is 0.210. The number of hydrogen-bond donors (Lipinski definition) is 2. The van der Waals surface area contributed by atoms with Gasteiger partial charge >= 0.3 is 5.97 Å².